The molecule has 1 N–H and O–H groups in total. The van der Waals surface area contributed by atoms with Crippen LogP contribution in [0, 0.1) is 0 Å². The molecule has 2 heterocycles. The number of aromatic nitrogens is 3. The van der Waals surface area contributed by atoms with Gasteiger partial charge in [-0.2, -0.15) is 4.98 Å². The first-order valence-electron chi connectivity index (χ1n) is 7.91. The second-order valence-electron chi connectivity index (χ2n) is 6.09. The monoisotopic (exact) mass is 359 g/mol. The molecule has 0 spiro atoms. The van der Waals surface area contributed by atoms with E-state index in [1.54, 1.807) is 48.1 Å². The van der Waals surface area contributed by atoms with Crippen LogP contribution in [-0.2, 0) is 4.79 Å². The van der Waals surface area contributed by atoms with Gasteiger partial charge < -0.3 is 9.52 Å². The second-order valence-corrected chi connectivity index (χ2v) is 6.52. The second kappa shape index (κ2) is 6.72. The number of nitrogens with zero attached hydrogens (tertiary/aromatic N) is 3. The van der Waals surface area contributed by atoms with Gasteiger partial charge in [-0.3, -0.25) is 9.36 Å². The van der Waals surface area contributed by atoms with E-state index in [4.69, 9.17) is 16.0 Å². The zero-order valence-electron chi connectivity index (χ0n) is 14.1. The highest BCUT2D eigenvalue weighted by Crippen LogP contribution is 2.32. The third-order valence-corrected chi connectivity index (χ3v) is 4.17. The average molecular weight is 360 g/mol. The Labute approximate surface area is 150 Å². The Hall–Kier alpha value is -2.60. The molecule has 0 saturated heterocycles. The fraction of sp³-hybridized carbons (Fsp3) is 0.278. The molecule has 7 heteroatoms. The summed E-state index contributed by atoms with van der Waals surface area (Å²) in [5, 5.41) is 10.00. The van der Waals surface area contributed by atoms with Gasteiger partial charge in [0.2, 0.25) is 0 Å². The van der Waals surface area contributed by atoms with E-state index in [1.807, 2.05) is 13.8 Å². The molecular formula is C18H18ClN3O3. The molecule has 25 heavy (non-hydrogen) atoms. The van der Waals surface area contributed by atoms with Crippen molar-refractivity contribution in [3.8, 4) is 17.3 Å². The average Bonchev–Trinajstić information content (AvgIpc) is 3.21. The Bertz CT molecular complexity index is 897. The normalized spacial score (nSPS) is 12.5. The molecule has 0 aliphatic heterocycles. The highest BCUT2D eigenvalue weighted by Gasteiger charge is 2.26. The van der Waals surface area contributed by atoms with Gasteiger partial charge in [-0.15, -0.1) is 0 Å². The molecule has 3 aromatic rings. The predicted octanol–water partition coefficient (Wildman–Crippen LogP) is 4.49. The van der Waals surface area contributed by atoms with Crippen molar-refractivity contribution < 1.29 is 14.3 Å². The van der Waals surface area contributed by atoms with Crippen LogP contribution >= 0.6 is 11.6 Å². The Morgan fingerprint density at radius 1 is 1.24 bits per heavy atom. The molecule has 2 aromatic heterocycles. The number of aliphatic carboxylic acids is 1. The molecule has 0 aliphatic carbocycles. The quantitative estimate of drug-likeness (QED) is 0.725. The van der Waals surface area contributed by atoms with Crippen molar-refractivity contribution in [1.29, 1.82) is 0 Å². The summed E-state index contributed by atoms with van der Waals surface area (Å²) in [4.78, 5) is 20.4. The fourth-order valence-corrected chi connectivity index (χ4v) is 2.67. The summed E-state index contributed by atoms with van der Waals surface area (Å²) < 4.78 is 7.59. The minimum Gasteiger partial charge on any atom is -0.481 e. The van der Waals surface area contributed by atoms with Gasteiger partial charge in [-0.25, -0.2) is 4.98 Å². The molecule has 0 amide bonds. The smallest absolute Gasteiger partial charge is 0.314 e. The summed E-state index contributed by atoms with van der Waals surface area (Å²) in [7, 11) is 0. The summed E-state index contributed by atoms with van der Waals surface area (Å²) in [6.45, 7) is 5.61. The van der Waals surface area contributed by atoms with E-state index in [0.29, 0.717) is 22.5 Å². The summed E-state index contributed by atoms with van der Waals surface area (Å²) >= 11 is 5.94. The van der Waals surface area contributed by atoms with Crippen molar-refractivity contribution in [3.63, 3.8) is 0 Å². The molecular weight excluding hydrogens is 342 g/mol. The van der Waals surface area contributed by atoms with Crippen LogP contribution in [0.5, 0.6) is 0 Å². The van der Waals surface area contributed by atoms with Crippen LogP contribution < -0.4 is 0 Å². The third kappa shape index (κ3) is 3.30. The Balaban J connectivity index is 2.16. The first-order valence-corrected chi connectivity index (χ1v) is 8.29. The fourth-order valence-electron chi connectivity index (χ4n) is 2.55. The van der Waals surface area contributed by atoms with Crippen LogP contribution in [0.25, 0.3) is 17.3 Å². The van der Waals surface area contributed by atoms with Crippen molar-refractivity contribution in [3.05, 3.63) is 53.3 Å². The summed E-state index contributed by atoms with van der Waals surface area (Å²) in [6, 6.07) is 7.35. The molecule has 3 rings (SSSR count). The number of rotatable bonds is 5. The number of oxazole rings is 1. The molecule has 0 saturated carbocycles. The number of imidazole rings is 1. The van der Waals surface area contributed by atoms with E-state index in [0.717, 1.165) is 11.4 Å². The Morgan fingerprint density at radius 3 is 2.52 bits per heavy atom. The number of carboxylic acids is 1. The number of halogens is 1. The van der Waals surface area contributed by atoms with Gasteiger partial charge in [0.15, 0.2) is 0 Å². The van der Waals surface area contributed by atoms with Crippen molar-refractivity contribution in [2.45, 2.75) is 32.6 Å². The van der Waals surface area contributed by atoms with Crippen LogP contribution in [0.15, 0.2) is 41.1 Å². The molecule has 1 unspecified atom stereocenters. The zero-order chi connectivity index (χ0) is 18.1. The summed E-state index contributed by atoms with van der Waals surface area (Å²) in [6.07, 6.45) is 3.42. The van der Waals surface area contributed by atoms with Gasteiger partial charge in [-0.1, -0.05) is 37.6 Å². The molecule has 1 atom stereocenters. The number of carbonyl (C=O) groups is 1. The first kappa shape index (κ1) is 17.2. The van der Waals surface area contributed by atoms with Crippen LogP contribution in [0.4, 0.5) is 0 Å². The van der Waals surface area contributed by atoms with Crippen LogP contribution in [0.2, 0.25) is 5.02 Å². The largest absolute Gasteiger partial charge is 0.481 e. The van der Waals surface area contributed by atoms with Gasteiger partial charge in [0, 0.05) is 28.9 Å². The van der Waals surface area contributed by atoms with Crippen molar-refractivity contribution in [2.24, 2.45) is 0 Å². The van der Waals surface area contributed by atoms with Crippen molar-refractivity contribution in [2.75, 3.05) is 0 Å². The van der Waals surface area contributed by atoms with Crippen molar-refractivity contribution >= 4 is 17.6 Å². The van der Waals surface area contributed by atoms with E-state index in [1.165, 1.54) is 0 Å². The van der Waals surface area contributed by atoms with Gasteiger partial charge in [0.1, 0.15) is 23.2 Å². The number of carboxylic acid groups (broad SMARTS) is 1. The highest BCUT2D eigenvalue weighted by molar-refractivity contribution is 6.30. The van der Waals surface area contributed by atoms with Gasteiger partial charge >= 0.3 is 12.0 Å². The lowest BCUT2D eigenvalue weighted by atomic mass is 10.0. The van der Waals surface area contributed by atoms with Crippen LogP contribution in [-0.4, -0.2) is 25.6 Å². The van der Waals surface area contributed by atoms with E-state index in [-0.39, 0.29) is 5.92 Å². The number of hydrogen-bond donors (Lipinski definition) is 1. The van der Waals surface area contributed by atoms with E-state index in [2.05, 4.69) is 9.97 Å². The SMILES string of the molecule is CC(C)c1nccn1-c1nc(-c2ccc(Cl)cc2)c(C(C)C(=O)O)o1. The lowest BCUT2D eigenvalue weighted by Crippen LogP contribution is -2.07. The van der Waals surface area contributed by atoms with E-state index >= 15 is 0 Å². The standard InChI is InChI=1S/C18H18ClN3O3/c1-10(2)16-20-8-9-22(16)18-21-14(12-4-6-13(19)7-5-12)15(25-18)11(3)17(23)24/h4-11H,1-3H3,(H,23,24). The minimum absolute atomic E-state index is 0.168. The predicted molar refractivity (Wildman–Crippen MR) is 94.2 cm³/mol. The third-order valence-electron chi connectivity index (χ3n) is 3.92. The van der Waals surface area contributed by atoms with Crippen molar-refractivity contribution in [1.82, 2.24) is 14.5 Å². The lowest BCUT2D eigenvalue weighted by molar-refractivity contribution is -0.138. The number of benzene rings is 1. The maximum atomic E-state index is 11.5. The molecule has 6 nitrogen and oxygen atoms in total. The van der Waals surface area contributed by atoms with Crippen LogP contribution in [0.3, 0.4) is 0 Å². The maximum absolute atomic E-state index is 11.5. The lowest BCUT2D eigenvalue weighted by Gasteiger charge is -2.06. The molecule has 0 fully saturated rings. The van der Waals surface area contributed by atoms with E-state index in [9.17, 15) is 9.90 Å². The summed E-state index contributed by atoms with van der Waals surface area (Å²) in [5.74, 6) is -0.557. The Morgan fingerprint density at radius 2 is 1.92 bits per heavy atom. The molecule has 0 radical (unpaired) electrons. The topological polar surface area (TPSA) is 81.2 Å². The van der Waals surface area contributed by atoms with Gasteiger partial charge in [-0.05, 0) is 19.1 Å². The maximum Gasteiger partial charge on any atom is 0.314 e. The number of hydrogen-bond acceptors (Lipinski definition) is 4. The van der Waals surface area contributed by atoms with Gasteiger partial charge in [0.05, 0.1) is 0 Å². The molecule has 0 bridgehead atoms. The van der Waals surface area contributed by atoms with Crippen LogP contribution in [0.1, 0.15) is 44.2 Å². The first-order chi connectivity index (χ1) is 11.9. The zero-order valence-corrected chi connectivity index (χ0v) is 14.9. The molecule has 130 valence electrons. The Kier molecular flexibility index (Phi) is 4.63. The molecule has 1 aromatic carbocycles. The highest BCUT2D eigenvalue weighted by atomic mass is 35.5. The summed E-state index contributed by atoms with van der Waals surface area (Å²) in [5.41, 5.74) is 1.23. The van der Waals surface area contributed by atoms with E-state index < -0.39 is 11.9 Å². The molecule has 0 aliphatic rings. The van der Waals surface area contributed by atoms with Gasteiger partial charge in [0.25, 0.3) is 0 Å². The minimum atomic E-state index is -0.979.